The van der Waals surface area contributed by atoms with Crippen molar-refractivity contribution in [1.82, 2.24) is 25.5 Å². The maximum Gasteiger partial charge on any atom is 0.407 e. The van der Waals surface area contributed by atoms with E-state index < -0.39 is 0 Å². The lowest BCUT2D eigenvalue weighted by Crippen LogP contribution is -2.44. The number of aromatic amines is 1. The lowest BCUT2D eigenvalue weighted by Gasteiger charge is -2.34. The molecule has 10 nitrogen and oxygen atoms in total. The van der Waals surface area contributed by atoms with Crippen LogP contribution in [-0.2, 0) is 9.47 Å². The van der Waals surface area contributed by atoms with Crippen molar-refractivity contribution in [3.05, 3.63) is 30.6 Å². The van der Waals surface area contributed by atoms with Gasteiger partial charge in [0.05, 0.1) is 38.2 Å². The van der Waals surface area contributed by atoms with Crippen LogP contribution in [0.5, 0.6) is 5.75 Å². The Morgan fingerprint density at radius 3 is 3.03 bits per heavy atom. The van der Waals surface area contributed by atoms with Gasteiger partial charge in [-0.05, 0) is 38.8 Å². The Kier molecular flexibility index (Phi) is 7.56. The van der Waals surface area contributed by atoms with Crippen LogP contribution in [-0.4, -0.2) is 71.8 Å². The highest BCUT2D eigenvalue weighted by Gasteiger charge is 2.23. The average Bonchev–Trinajstić information content (AvgIpc) is 3.36. The maximum absolute atomic E-state index is 11.4. The summed E-state index contributed by atoms with van der Waals surface area (Å²) < 4.78 is 16.7. The molecule has 0 bridgehead atoms. The largest absolute Gasteiger partial charge is 0.493 e. The molecule has 3 aromatic rings. The van der Waals surface area contributed by atoms with E-state index in [9.17, 15) is 4.79 Å². The van der Waals surface area contributed by atoms with E-state index in [2.05, 4.69) is 32.3 Å². The summed E-state index contributed by atoms with van der Waals surface area (Å²) in [6.07, 6.45) is 4.65. The van der Waals surface area contributed by atoms with Crippen LogP contribution in [0.25, 0.3) is 22.3 Å². The smallest absolute Gasteiger partial charge is 0.407 e. The third-order valence-corrected chi connectivity index (χ3v) is 5.47. The van der Waals surface area contributed by atoms with Gasteiger partial charge in [-0.25, -0.2) is 9.78 Å². The van der Waals surface area contributed by atoms with E-state index in [1.807, 2.05) is 18.2 Å². The molecule has 1 fully saturated rings. The lowest BCUT2D eigenvalue weighted by molar-refractivity contribution is 0.0985. The van der Waals surface area contributed by atoms with Crippen LogP contribution in [0.1, 0.15) is 26.7 Å². The van der Waals surface area contributed by atoms with Gasteiger partial charge in [0, 0.05) is 36.9 Å². The predicted octanol–water partition coefficient (Wildman–Crippen LogP) is 3.15. The molecule has 1 atom stereocenters. The summed E-state index contributed by atoms with van der Waals surface area (Å²) in [5, 5.41) is 10.7. The van der Waals surface area contributed by atoms with Crippen LogP contribution < -0.4 is 15.0 Å². The number of hydrogen-bond acceptors (Lipinski definition) is 8. The molecule has 0 aromatic carbocycles. The van der Waals surface area contributed by atoms with Gasteiger partial charge in [0.25, 0.3) is 0 Å². The number of nitrogens with zero attached hydrogens (tertiary/aromatic N) is 4. The van der Waals surface area contributed by atoms with Crippen LogP contribution in [0.15, 0.2) is 30.6 Å². The van der Waals surface area contributed by atoms with Gasteiger partial charge in [-0.1, -0.05) is 0 Å². The molecule has 0 saturated carbocycles. The fourth-order valence-electron chi connectivity index (χ4n) is 3.81. The number of amides is 1. The van der Waals surface area contributed by atoms with Crippen molar-refractivity contribution in [2.24, 2.45) is 0 Å². The highest BCUT2D eigenvalue weighted by atomic mass is 16.5. The Bertz CT molecular complexity index is 1060. The molecule has 0 unspecified atom stereocenters. The van der Waals surface area contributed by atoms with Gasteiger partial charge in [0.2, 0.25) is 0 Å². The van der Waals surface area contributed by atoms with Crippen LogP contribution in [0.3, 0.4) is 0 Å². The minimum atomic E-state index is -0.387. The number of aromatic nitrogens is 4. The summed E-state index contributed by atoms with van der Waals surface area (Å²) in [6.45, 7) is 7.42. The number of hydrogen-bond donors (Lipinski definition) is 2. The number of morpholine rings is 1. The number of pyridine rings is 2. The molecule has 33 heavy (non-hydrogen) atoms. The Balaban J connectivity index is 1.55. The zero-order chi connectivity index (χ0) is 23.0. The topological polar surface area (TPSA) is 114 Å². The van der Waals surface area contributed by atoms with Gasteiger partial charge in [-0.2, -0.15) is 5.10 Å². The highest BCUT2D eigenvalue weighted by molar-refractivity contribution is 5.95. The number of unbranched alkanes of at least 4 members (excludes halogenated alkanes) is 1. The maximum atomic E-state index is 11.4. The number of ether oxygens (including phenoxy) is 3. The Morgan fingerprint density at radius 1 is 1.33 bits per heavy atom. The van der Waals surface area contributed by atoms with Crippen LogP contribution in [0.2, 0.25) is 0 Å². The van der Waals surface area contributed by atoms with Crippen molar-refractivity contribution in [2.75, 3.05) is 44.4 Å². The van der Waals surface area contributed by atoms with E-state index in [1.165, 1.54) is 0 Å². The van der Waals surface area contributed by atoms with E-state index in [0.29, 0.717) is 33.0 Å². The second-order valence-corrected chi connectivity index (χ2v) is 7.82. The van der Waals surface area contributed by atoms with Crippen LogP contribution >= 0.6 is 0 Å². The first-order valence-corrected chi connectivity index (χ1v) is 11.3. The summed E-state index contributed by atoms with van der Waals surface area (Å²) in [5.41, 5.74) is 2.30. The molecule has 1 aliphatic rings. The van der Waals surface area contributed by atoms with Gasteiger partial charge in [-0.15, -0.1) is 0 Å². The number of fused-ring (bicyclic) bond motifs is 1. The number of H-pyrrole nitrogens is 1. The van der Waals surface area contributed by atoms with Crippen LogP contribution in [0.4, 0.5) is 10.6 Å². The molecule has 0 aliphatic carbocycles. The predicted molar refractivity (Wildman–Crippen MR) is 125 cm³/mol. The quantitative estimate of drug-likeness (QED) is 0.474. The second kappa shape index (κ2) is 11.0. The molecule has 4 heterocycles. The molecular formula is C23H30N6O4. The lowest BCUT2D eigenvalue weighted by atomic mass is 10.1. The number of nitrogens with one attached hydrogen (secondary N) is 2. The summed E-state index contributed by atoms with van der Waals surface area (Å²) >= 11 is 0. The molecule has 1 aliphatic heterocycles. The fraction of sp³-hybridized carbons (Fsp3) is 0.478. The standard InChI is InChI=1S/C23H30N6O4/c1-3-32-23(30)25-8-4-5-12-33-19-14-20(29-11-13-31-15-16(29)2)27-21-17(19)6-9-24-22(21)18-7-10-26-28-18/h6-7,9-10,14,16H,3-5,8,11-13,15H2,1-2H3,(H,25,30)(H,26,28)/t16-/m1/s1. The average molecular weight is 455 g/mol. The Hall–Kier alpha value is -3.40. The van der Waals surface area contributed by atoms with Gasteiger partial charge in [0.15, 0.2) is 0 Å². The van der Waals surface area contributed by atoms with Gasteiger partial charge >= 0.3 is 6.09 Å². The van der Waals surface area contributed by atoms with E-state index in [-0.39, 0.29) is 12.1 Å². The molecule has 176 valence electrons. The van der Waals surface area contributed by atoms with Crippen molar-refractivity contribution < 1.29 is 19.0 Å². The first-order valence-electron chi connectivity index (χ1n) is 11.3. The van der Waals surface area contributed by atoms with E-state index in [0.717, 1.165) is 53.2 Å². The van der Waals surface area contributed by atoms with E-state index in [1.54, 1.807) is 19.3 Å². The summed E-state index contributed by atoms with van der Waals surface area (Å²) in [7, 11) is 0. The Morgan fingerprint density at radius 2 is 2.24 bits per heavy atom. The number of alkyl carbamates (subject to hydrolysis) is 1. The molecule has 4 rings (SSSR count). The summed E-state index contributed by atoms with van der Waals surface area (Å²) in [4.78, 5) is 23.2. The minimum absolute atomic E-state index is 0.206. The fourth-order valence-corrected chi connectivity index (χ4v) is 3.81. The van der Waals surface area contributed by atoms with Crippen molar-refractivity contribution in [3.8, 4) is 17.1 Å². The first kappa shape index (κ1) is 22.8. The Labute approximate surface area is 192 Å². The van der Waals surface area contributed by atoms with E-state index >= 15 is 0 Å². The molecule has 10 heteroatoms. The minimum Gasteiger partial charge on any atom is -0.493 e. The van der Waals surface area contributed by atoms with Crippen molar-refractivity contribution in [1.29, 1.82) is 0 Å². The zero-order valence-electron chi connectivity index (χ0n) is 19.0. The zero-order valence-corrected chi connectivity index (χ0v) is 19.0. The molecular weight excluding hydrogens is 424 g/mol. The monoisotopic (exact) mass is 454 g/mol. The second-order valence-electron chi connectivity index (χ2n) is 7.82. The highest BCUT2D eigenvalue weighted by Crippen LogP contribution is 2.34. The number of carbonyl (C=O) groups is 1. The first-order chi connectivity index (χ1) is 16.2. The number of anilines is 1. The molecule has 0 radical (unpaired) electrons. The van der Waals surface area contributed by atoms with Crippen molar-refractivity contribution in [2.45, 2.75) is 32.7 Å². The SMILES string of the molecule is CCOC(=O)NCCCCOc1cc(N2CCOC[C@H]2C)nc2c(-c3ccn[nH]3)nccc12. The normalized spacial score (nSPS) is 16.1. The van der Waals surface area contributed by atoms with Crippen LogP contribution in [0, 0.1) is 0 Å². The molecule has 1 amide bonds. The molecule has 1 saturated heterocycles. The molecule has 2 N–H and O–H groups in total. The number of carbonyl (C=O) groups excluding carboxylic acids is 1. The summed E-state index contributed by atoms with van der Waals surface area (Å²) in [5.74, 6) is 1.60. The third kappa shape index (κ3) is 5.51. The van der Waals surface area contributed by atoms with Gasteiger partial charge in [-0.3, -0.25) is 10.1 Å². The molecule has 0 spiro atoms. The van der Waals surface area contributed by atoms with Gasteiger partial charge < -0.3 is 24.4 Å². The van der Waals surface area contributed by atoms with Gasteiger partial charge in [0.1, 0.15) is 22.8 Å². The van der Waals surface area contributed by atoms with Crippen molar-refractivity contribution >= 4 is 22.8 Å². The van der Waals surface area contributed by atoms with Crippen molar-refractivity contribution in [3.63, 3.8) is 0 Å². The number of rotatable bonds is 9. The third-order valence-electron chi connectivity index (χ3n) is 5.47. The van der Waals surface area contributed by atoms with E-state index in [4.69, 9.17) is 19.2 Å². The molecule has 3 aromatic heterocycles. The summed E-state index contributed by atoms with van der Waals surface area (Å²) in [6, 6.07) is 6.01.